The quantitative estimate of drug-likeness (QED) is 0.426. The van der Waals surface area contributed by atoms with Gasteiger partial charge < -0.3 is 5.73 Å². The van der Waals surface area contributed by atoms with Gasteiger partial charge in [0.1, 0.15) is 0 Å². The van der Waals surface area contributed by atoms with Crippen LogP contribution in [0.5, 0.6) is 0 Å². The minimum absolute atomic E-state index is 0.520. The maximum absolute atomic E-state index is 13.0. The Morgan fingerprint density at radius 2 is 1.00 bits per heavy atom. The first-order valence-electron chi connectivity index (χ1n) is 10.2. The number of hydrogen-bond acceptors (Lipinski definition) is 3. The molecule has 0 saturated heterocycles. The summed E-state index contributed by atoms with van der Waals surface area (Å²) >= 11 is 0. The van der Waals surface area contributed by atoms with Crippen LogP contribution in [-0.4, -0.2) is 11.6 Å². The van der Waals surface area contributed by atoms with Crippen LogP contribution in [0.25, 0.3) is 11.1 Å². The van der Waals surface area contributed by atoms with Crippen molar-refractivity contribution in [3.05, 3.63) is 131 Å². The summed E-state index contributed by atoms with van der Waals surface area (Å²) in [5.41, 5.74) is 14.5. The Kier molecular flexibility index (Phi) is 4.60. The molecule has 0 atom stereocenters. The Labute approximate surface area is 181 Å². The average Bonchev–Trinajstić information content (AvgIpc) is 3.15. The lowest BCUT2D eigenvalue weighted by molar-refractivity contribution is -0.123. The van der Waals surface area contributed by atoms with Gasteiger partial charge in [-0.2, -0.15) is 5.10 Å². The van der Waals surface area contributed by atoms with Crippen LogP contribution < -0.4 is 11.2 Å². The fourth-order valence-electron chi connectivity index (χ4n) is 4.27. The summed E-state index contributed by atoms with van der Waals surface area (Å²) in [7, 11) is 0. The summed E-state index contributed by atoms with van der Waals surface area (Å²) < 4.78 is 0. The third-order valence-corrected chi connectivity index (χ3v) is 5.77. The Balaban J connectivity index is 1.70. The Morgan fingerprint density at radius 3 is 1.42 bits per heavy atom. The van der Waals surface area contributed by atoms with Gasteiger partial charge in [0.05, 0.1) is 5.71 Å². The second kappa shape index (κ2) is 7.58. The molecule has 1 aliphatic carbocycles. The Hall–Kier alpha value is -4.18. The zero-order valence-corrected chi connectivity index (χ0v) is 16.8. The SMILES string of the molecule is NC(=O)C(NN=C1c2ccccc2-c2ccccc21)(c1ccccc1)c1ccccc1. The molecule has 3 N–H and O–H groups in total. The van der Waals surface area contributed by atoms with E-state index in [-0.39, 0.29) is 0 Å². The van der Waals surface area contributed by atoms with E-state index in [0.717, 1.165) is 39.1 Å². The van der Waals surface area contributed by atoms with Crippen LogP contribution >= 0.6 is 0 Å². The first kappa shape index (κ1) is 18.8. The van der Waals surface area contributed by atoms with Gasteiger partial charge in [0, 0.05) is 11.1 Å². The highest BCUT2D eigenvalue weighted by Gasteiger charge is 2.41. The summed E-state index contributed by atoms with van der Waals surface area (Å²) in [4.78, 5) is 13.0. The number of primary amides is 1. The lowest BCUT2D eigenvalue weighted by Gasteiger charge is -2.31. The number of fused-ring (bicyclic) bond motifs is 3. The van der Waals surface area contributed by atoms with Crippen molar-refractivity contribution in [3.8, 4) is 11.1 Å². The number of amides is 1. The number of nitrogens with two attached hydrogens (primary N) is 1. The fourth-order valence-corrected chi connectivity index (χ4v) is 4.27. The van der Waals surface area contributed by atoms with Crippen molar-refractivity contribution in [3.63, 3.8) is 0 Å². The molecule has 1 amide bonds. The first-order valence-corrected chi connectivity index (χ1v) is 10.2. The van der Waals surface area contributed by atoms with E-state index in [1.807, 2.05) is 97.1 Å². The number of rotatable bonds is 5. The van der Waals surface area contributed by atoms with Crippen LogP contribution in [0.15, 0.2) is 114 Å². The van der Waals surface area contributed by atoms with Crippen molar-refractivity contribution in [2.45, 2.75) is 5.54 Å². The van der Waals surface area contributed by atoms with Crippen LogP contribution in [0.1, 0.15) is 22.3 Å². The molecule has 0 bridgehead atoms. The third-order valence-electron chi connectivity index (χ3n) is 5.77. The van der Waals surface area contributed by atoms with Gasteiger partial charge in [0.15, 0.2) is 5.54 Å². The molecule has 4 aromatic rings. The maximum atomic E-state index is 13.0. The fraction of sp³-hybridized carbons (Fsp3) is 0.0370. The molecular weight excluding hydrogens is 382 g/mol. The molecule has 0 radical (unpaired) electrons. The van der Waals surface area contributed by atoms with Gasteiger partial charge in [-0.1, -0.05) is 109 Å². The molecule has 0 fully saturated rings. The standard InChI is InChI=1S/C27H21N3O/c28-26(31)27(19-11-3-1-4-12-19,20-13-5-2-6-14-20)30-29-25-23-17-9-7-15-21(23)22-16-8-10-18-24(22)25/h1-18,30H,(H2,28,31). The molecule has 150 valence electrons. The van der Waals surface area contributed by atoms with Crippen LogP contribution in [0.2, 0.25) is 0 Å². The van der Waals surface area contributed by atoms with Gasteiger partial charge >= 0.3 is 0 Å². The molecule has 5 rings (SSSR count). The number of carbonyl (C=O) groups is 1. The lowest BCUT2D eigenvalue weighted by atomic mass is 9.82. The molecule has 0 aromatic heterocycles. The summed E-state index contributed by atoms with van der Waals surface area (Å²) in [5, 5.41) is 4.82. The van der Waals surface area contributed by atoms with Gasteiger partial charge in [-0.05, 0) is 22.3 Å². The van der Waals surface area contributed by atoms with E-state index >= 15 is 0 Å². The number of hydrazone groups is 1. The van der Waals surface area contributed by atoms with E-state index in [0.29, 0.717) is 0 Å². The van der Waals surface area contributed by atoms with E-state index in [4.69, 9.17) is 10.8 Å². The predicted molar refractivity (Wildman–Crippen MR) is 124 cm³/mol. The summed E-state index contributed by atoms with van der Waals surface area (Å²) in [6.45, 7) is 0. The van der Waals surface area contributed by atoms with E-state index in [9.17, 15) is 4.79 Å². The van der Waals surface area contributed by atoms with E-state index < -0.39 is 11.4 Å². The van der Waals surface area contributed by atoms with Crippen molar-refractivity contribution >= 4 is 11.6 Å². The number of nitrogens with one attached hydrogen (secondary N) is 1. The van der Waals surface area contributed by atoms with Crippen molar-refractivity contribution in [2.24, 2.45) is 10.8 Å². The average molecular weight is 403 g/mol. The second-order valence-electron chi connectivity index (χ2n) is 7.51. The molecule has 31 heavy (non-hydrogen) atoms. The molecule has 0 heterocycles. The molecule has 4 aromatic carbocycles. The smallest absolute Gasteiger partial charge is 0.253 e. The van der Waals surface area contributed by atoms with Crippen LogP contribution in [0.3, 0.4) is 0 Å². The van der Waals surface area contributed by atoms with Gasteiger partial charge in [-0.15, -0.1) is 0 Å². The number of hydrogen-bond donors (Lipinski definition) is 2. The van der Waals surface area contributed by atoms with Crippen LogP contribution in [0.4, 0.5) is 0 Å². The molecule has 4 nitrogen and oxygen atoms in total. The number of benzene rings is 4. The monoisotopic (exact) mass is 403 g/mol. The highest BCUT2D eigenvalue weighted by Crippen LogP contribution is 2.37. The summed E-state index contributed by atoms with van der Waals surface area (Å²) in [6.07, 6.45) is 0. The number of nitrogens with zero attached hydrogens (tertiary/aromatic N) is 1. The van der Waals surface area contributed by atoms with Crippen LogP contribution in [0, 0.1) is 0 Å². The molecule has 0 spiro atoms. The van der Waals surface area contributed by atoms with Gasteiger partial charge in [-0.3, -0.25) is 10.2 Å². The molecule has 0 unspecified atom stereocenters. The summed E-state index contributed by atoms with van der Waals surface area (Å²) in [6, 6.07) is 35.3. The van der Waals surface area contributed by atoms with Gasteiger partial charge in [-0.25, -0.2) is 0 Å². The topological polar surface area (TPSA) is 67.5 Å². The first-order chi connectivity index (χ1) is 15.2. The highest BCUT2D eigenvalue weighted by molar-refractivity contribution is 6.24. The Bertz CT molecular complexity index is 1190. The Morgan fingerprint density at radius 1 is 0.613 bits per heavy atom. The third kappa shape index (κ3) is 3.01. The minimum atomic E-state index is -1.30. The molecular formula is C27H21N3O. The number of carbonyl (C=O) groups excluding carboxylic acids is 1. The van der Waals surface area contributed by atoms with Crippen molar-refractivity contribution < 1.29 is 4.79 Å². The zero-order chi connectivity index (χ0) is 21.3. The van der Waals surface area contributed by atoms with Crippen molar-refractivity contribution in [1.29, 1.82) is 0 Å². The molecule has 1 aliphatic rings. The molecule has 4 heteroatoms. The second-order valence-corrected chi connectivity index (χ2v) is 7.51. The van der Waals surface area contributed by atoms with E-state index in [1.54, 1.807) is 0 Å². The van der Waals surface area contributed by atoms with E-state index in [1.165, 1.54) is 0 Å². The lowest BCUT2D eigenvalue weighted by Crippen LogP contribution is -2.52. The largest absolute Gasteiger partial charge is 0.367 e. The molecule has 0 saturated carbocycles. The van der Waals surface area contributed by atoms with Gasteiger partial charge in [0.2, 0.25) is 0 Å². The van der Waals surface area contributed by atoms with E-state index in [2.05, 4.69) is 17.6 Å². The summed E-state index contributed by atoms with van der Waals surface area (Å²) in [5.74, 6) is -0.520. The zero-order valence-electron chi connectivity index (χ0n) is 16.8. The predicted octanol–water partition coefficient (Wildman–Crippen LogP) is 4.44. The van der Waals surface area contributed by atoms with Crippen molar-refractivity contribution in [2.75, 3.05) is 0 Å². The van der Waals surface area contributed by atoms with Gasteiger partial charge in [0.25, 0.3) is 5.91 Å². The maximum Gasteiger partial charge on any atom is 0.253 e. The van der Waals surface area contributed by atoms with Crippen molar-refractivity contribution in [1.82, 2.24) is 5.43 Å². The van der Waals surface area contributed by atoms with Crippen LogP contribution in [-0.2, 0) is 10.3 Å². The highest BCUT2D eigenvalue weighted by atomic mass is 16.1. The minimum Gasteiger partial charge on any atom is -0.367 e. The molecule has 0 aliphatic heterocycles. The normalized spacial score (nSPS) is 12.1.